The van der Waals surface area contributed by atoms with Gasteiger partial charge in [0.2, 0.25) is 5.90 Å². The molecule has 138 valence electrons. The lowest BCUT2D eigenvalue weighted by molar-refractivity contribution is -0.384. The number of methoxy groups -OCH3 is 2. The van der Waals surface area contributed by atoms with Gasteiger partial charge in [-0.3, -0.25) is 10.1 Å². The molecule has 0 saturated heterocycles. The summed E-state index contributed by atoms with van der Waals surface area (Å²) in [6.07, 6.45) is 1.47. The third-order valence-electron chi connectivity index (χ3n) is 3.74. The Hall–Kier alpha value is -3.39. The molecule has 8 nitrogen and oxygen atoms in total. The fraction of sp³-hybridized carbons (Fsp3) is 0.111. The van der Waals surface area contributed by atoms with Crippen LogP contribution < -0.4 is 9.47 Å². The zero-order valence-electron chi connectivity index (χ0n) is 14.3. The zero-order valence-corrected chi connectivity index (χ0v) is 15.0. The smallest absolute Gasteiger partial charge is 0.363 e. The molecule has 0 N–H and O–H groups in total. The van der Waals surface area contributed by atoms with Gasteiger partial charge in [0.15, 0.2) is 5.70 Å². The van der Waals surface area contributed by atoms with Crippen molar-refractivity contribution in [3.05, 3.63) is 68.4 Å². The average molecular weight is 389 g/mol. The molecule has 0 atom stereocenters. The quantitative estimate of drug-likeness (QED) is 0.335. The van der Waals surface area contributed by atoms with E-state index in [-0.39, 0.29) is 27.9 Å². The number of carbonyl (C=O) groups is 1. The summed E-state index contributed by atoms with van der Waals surface area (Å²) in [4.78, 5) is 26.7. The van der Waals surface area contributed by atoms with Crippen molar-refractivity contribution in [1.29, 1.82) is 0 Å². The maximum Gasteiger partial charge on any atom is 0.363 e. The van der Waals surface area contributed by atoms with Gasteiger partial charge in [-0.05, 0) is 30.3 Å². The van der Waals surface area contributed by atoms with Gasteiger partial charge in [0.1, 0.15) is 11.5 Å². The number of ether oxygens (including phenoxy) is 3. The van der Waals surface area contributed by atoms with Crippen LogP contribution in [0.1, 0.15) is 11.1 Å². The molecule has 0 aromatic heterocycles. The van der Waals surface area contributed by atoms with E-state index in [9.17, 15) is 14.9 Å². The van der Waals surface area contributed by atoms with E-state index < -0.39 is 10.9 Å². The minimum Gasteiger partial charge on any atom is -0.497 e. The molecule has 9 heteroatoms. The fourth-order valence-corrected chi connectivity index (χ4v) is 2.61. The second-order valence-corrected chi connectivity index (χ2v) is 5.77. The van der Waals surface area contributed by atoms with Gasteiger partial charge < -0.3 is 14.2 Å². The largest absolute Gasteiger partial charge is 0.497 e. The monoisotopic (exact) mass is 388 g/mol. The third kappa shape index (κ3) is 3.75. The molecule has 0 radical (unpaired) electrons. The van der Waals surface area contributed by atoms with Crippen LogP contribution in [0.4, 0.5) is 5.69 Å². The number of benzene rings is 2. The Labute approximate surface area is 158 Å². The van der Waals surface area contributed by atoms with Gasteiger partial charge in [-0.25, -0.2) is 9.79 Å². The topological polar surface area (TPSA) is 100 Å². The van der Waals surface area contributed by atoms with E-state index >= 15 is 0 Å². The number of carbonyl (C=O) groups excluding carboxylic acids is 1. The van der Waals surface area contributed by atoms with Crippen LogP contribution in [-0.2, 0) is 9.53 Å². The van der Waals surface area contributed by atoms with Gasteiger partial charge in [0, 0.05) is 17.7 Å². The van der Waals surface area contributed by atoms with Crippen LogP contribution in [0.3, 0.4) is 0 Å². The van der Waals surface area contributed by atoms with Crippen molar-refractivity contribution in [2.75, 3.05) is 14.2 Å². The number of hydrogen-bond acceptors (Lipinski definition) is 7. The van der Waals surface area contributed by atoms with Crippen LogP contribution in [0.15, 0.2) is 47.1 Å². The third-order valence-corrected chi connectivity index (χ3v) is 4.07. The molecule has 1 aliphatic heterocycles. The number of nitro groups is 1. The Morgan fingerprint density at radius 2 is 1.96 bits per heavy atom. The summed E-state index contributed by atoms with van der Waals surface area (Å²) in [6.45, 7) is 0. The molecule has 27 heavy (non-hydrogen) atoms. The van der Waals surface area contributed by atoms with Gasteiger partial charge in [0.25, 0.3) is 5.69 Å². The molecule has 0 saturated carbocycles. The number of halogens is 1. The first kappa shape index (κ1) is 18.4. The molecule has 0 amide bonds. The van der Waals surface area contributed by atoms with E-state index in [4.69, 9.17) is 25.8 Å². The van der Waals surface area contributed by atoms with Gasteiger partial charge >= 0.3 is 5.97 Å². The van der Waals surface area contributed by atoms with E-state index in [0.29, 0.717) is 17.1 Å². The Morgan fingerprint density at radius 1 is 1.19 bits per heavy atom. The Morgan fingerprint density at radius 3 is 2.63 bits per heavy atom. The number of cyclic esters (lactones) is 1. The van der Waals surface area contributed by atoms with Gasteiger partial charge in [-0.2, -0.15) is 0 Å². The molecule has 2 aromatic rings. The summed E-state index contributed by atoms with van der Waals surface area (Å²) in [5, 5.41) is 11.1. The van der Waals surface area contributed by atoms with Crippen molar-refractivity contribution >= 4 is 35.2 Å². The highest BCUT2D eigenvalue weighted by Crippen LogP contribution is 2.30. The van der Waals surface area contributed by atoms with Crippen molar-refractivity contribution in [3.63, 3.8) is 0 Å². The Balaban J connectivity index is 2.04. The number of esters is 1. The van der Waals surface area contributed by atoms with Crippen molar-refractivity contribution in [1.82, 2.24) is 0 Å². The standard InChI is InChI=1S/C18H13ClN2O6/c1-25-12-4-6-16(26-2)10(7-12)8-15-18(22)27-17(20-15)13-9-11(21(23)24)3-5-14(13)19/h3-9H,1-2H3. The lowest BCUT2D eigenvalue weighted by Gasteiger charge is -2.07. The van der Waals surface area contributed by atoms with Gasteiger partial charge in [-0.1, -0.05) is 11.6 Å². The Bertz CT molecular complexity index is 999. The summed E-state index contributed by atoms with van der Waals surface area (Å²) in [5.74, 6) is 0.257. The van der Waals surface area contributed by atoms with Crippen LogP contribution in [-0.4, -0.2) is 31.0 Å². The highest BCUT2D eigenvalue weighted by molar-refractivity contribution is 6.34. The highest BCUT2D eigenvalue weighted by Gasteiger charge is 2.27. The van der Waals surface area contributed by atoms with Crippen molar-refractivity contribution in [3.8, 4) is 11.5 Å². The van der Waals surface area contributed by atoms with E-state index in [2.05, 4.69) is 4.99 Å². The number of rotatable bonds is 5. The number of nitrogens with zero attached hydrogens (tertiary/aromatic N) is 2. The predicted octanol–water partition coefficient (Wildman–Crippen LogP) is 3.61. The SMILES string of the molecule is COc1ccc(OC)c(C=C2N=C(c3cc([N+](=O)[O-])ccc3Cl)OC2=O)c1. The molecule has 0 fully saturated rings. The first-order valence-corrected chi connectivity index (χ1v) is 7.99. The molecule has 3 rings (SSSR count). The second kappa shape index (κ2) is 7.46. The van der Waals surface area contributed by atoms with Crippen LogP contribution >= 0.6 is 11.6 Å². The summed E-state index contributed by atoms with van der Waals surface area (Å²) >= 11 is 6.07. The fourth-order valence-electron chi connectivity index (χ4n) is 2.41. The summed E-state index contributed by atoms with van der Waals surface area (Å²) in [7, 11) is 3.01. The first-order valence-electron chi connectivity index (χ1n) is 7.62. The van der Waals surface area contributed by atoms with Crippen molar-refractivity contribution in [2.24, 2.45) is 4.99 Å². The molecule has 2 aromatic carbocycles. The van der Waals surface area contributed by atoms with Gasteiger partial charge in [-0.15, -0.1) is 0 Å². The maximum atomic E-state index is 12.2. The second-order valence-electron chi connectivity index (χ2n) is 5.37. The summed E-state index contributed by atoms with van der Waals surface area (Å²) < 4.78 is 15.6. The van der Waals surface area contributed by atoms with Crippen LogP contribution in [0, 0.1) is 10.1 Å². The molecule has 1 heterocycles. The zero-order chi connectivity index (χ0) is 19.6. The highest BCUT2D eigenvalue weighted by atomic mass is 35.5. The van der Waals surface area contributed by atoms with E-state index in [1.807, 2.05) is 0 Å². The molecule has 1 aliphatic rings. The molecule has 0 bridgehead atoms. The van der Waals surface area contributed by atoms with Gasteiger partial charge in [0.05, 0.1) is 29.7 Å². The first-order chi connectivity index (χ1) is 12.9. The summed E-state index contributed by atoms with van der Waals surface area (Å²) in [5.41, 5.74) is 0.512. The number of non-ortho nitro benzene ring substituents is 1. The van der Waals surface area contributed by atoms with E-state index in [0.717, 1.165) is 0 Å². The average Bonchev–Trinajstić information content (AvgIpc) is 3.02. The van der Waals surface area contributed by atoms with E-state index in [1.165, 1.54) is 38.5 Å². The van der Waals surface area contributed by atoms with Crippen molar-refractivity contribution in [2.45, 2.75) is 0 Å². The number of nitro benzene ring substituents is 1. The molecule has 0 unspecified atom stereocenters. The Kier molecular flexibility index (Phi) is 5.09. The lowest BCUT2D eigenvalue weighted by atomic mass is 10.1. The molecule has 0 aliphatic carbocycles. The number of aliphatic imine (C=N–C) groups is 1. The van der Waals surface area contributed by atoms with Crippen LogP contribution in [0.5, 0.6) is 11.5 Å². The lowest BCUT2D eigenvalue weighted by Crippen LogP contribution is -2.06. The van der Waals surface area contributed by atoms with Crippen LogP contribution in [0.2, 0.25) is 5.02 Å². The molecule has 0 spiro atoms. The van der Waals surface area contributed by atoms with Crippen LogP contribution in [0.25, 0.3) is 6.08 Å². The van der Waals surface area contributed by atoms with E-state index in [1.54, 1.807) is 18.2 Å². The normalized spacial score (nSPS) is 14.7. The maximum absolute atomic E-state index is 12.2. The molecular weight excluding hydrogens is 376 g/mol. The summed E-state index contributed by atoms with van der Waals surface area (Å²) in [6, 6.07) is 8.87. The predicted molar refractivity (Wildman–Crippen MR) is 98.3 cm³/mol. The minimum atomic E-state index is -0.711. The minimum absolute atomic E-state index is 0.000809. The van der Waals surface area contributed by atoms with Crippen molar-refractivity contribution < 1.29 is 23.9 Å². The molecular formula is C18H13ClN2O6. The number of hydrogen-bond donors (Lipinski definition) is 0.